The molecule has 2 unspecified atom stereocenters. The predicted octanol–water partition coefficient (Wildman–Crippen LogP) is 4.13. The van der Waals surface area contributed by atoms with Crippen molar-refractivity contribution in [2.45, 2.75) is 32.6 Å². The zero-order valence-corrected chi connectivity index (χ0v) is 13.1. The molecule has 0 aromatic heterocycles. The van der Waals surface area contributed by atoms with Gasteiger partial charge in [0.25, 0.3) is 5.91 Å². The lowest BCUT2D eigenvalue weighted by atomic mass is 9.82. The van der Waals surface area contributed by atoms with E-state index in [1.807, 2.05) is 0 Å². The topological polar surface area (TPSA) is 55.1 Å². The van der Waals surface area contributed by atoms with Crippen molar-refractivity contribution in [2.24, 2.45) is 11.8 Å². The number of nitrogen functional groups attached to an aromatic ring is 1. The van der Waals surface area contributed by atoms with Gasteiger partial charge in [-0.25, -0.2) is 0 Å². The van der Waals surface area contributed by atoms with Crippen LogP contribution in [0.4, 0.5) is 5.69 Å². The molecule has 0 aliphatic heterocycles. The van der Waals surface area contributed by atoms with Crippen LogP contribution >= 0.6 is 23.2 Å². The van der Waals surface area contributed by atoms with Crippen molar-refractivity contribution >= 4 is 34.8 Å². The van der Waals surface area contributed by atoms with Gasteiger partial charge < -0.3 is 11.1 Å². The first-order valence-electron chi connectivity index (χ1n) is 7.00. The molecule has 3 nitrogen and oxygen atoms in total. The van der Waals surface area contributed by atoms with E-state index in [-0.39, 0.29) is 5.91 Å². The van der Waals surface area contributed by atoms with Gasteiger partial charge in [-0.05, 0) is 36.8 Å². The van der Waals surface area contributed by atoms with E-state index in [1.54, 1.807) is 12.1 Å². The minimum atomic E-state index is -0.145. The molecular weight excluding hydrogens is 295 g/mol. The lowest BCUT2D eigenvalue weighted by molar-refractivity contribution is 0.0940. The molecule has 1 amide bonds. The summed E-state index contributed by atoms with van der Waals surface area (Å²) >= 11 is 11.8. The predicted molar refractivity (Wildman–Crippen MR) is 84.3 cm³/mol. The second-order valence-corrected chi connectivity index (χ2v) is 6.49. The number of halogens is 2. The molecule has 1 aromatic rings. The van der Waals surface area contributed by atoms with Gasteiger partial charge in [0.1, 0.15) is 0 Å². The fourth-order valence-electron chi connectivity index (χ4n) is 2.83. The third-order valence-corrected chi connectivity index (χ3v) is 4.73. The normalized spacial score (nSPS) is 22.6. The van der Waals surface area contributed by atoms with Gasteiger partial charge in [0.05, 0.1) is 15.7 Å². The summed E-state index contributed by atoms with van der Waals surface area (Å²) in [6, 6.07) is 3.12. The van der Waals surface area contributed by atoms with Gasteiger partial charge in [-0.3, -0.25) is 4.79 Å². The maximum atomic E-state index is 12.1. The van der Waals surface area contributed by atoms with E-state index in [9.17, 15) is 4.79 Å². The quantitative estimate of drug-likeness (QED) is 0.824. The minimum absolute atomic E-state index is 0.145. The summed E-state index contributed by atoms with van der Waals surface area (Å²) in [5.41, 5.74) is 6.51. The first-order valence-corrected chi connectivity index (χ1v) is 7.75. The maximum absolute atomic E-state index is 12.1. The summed E-state index contributed by atoms with van der Waals surface area (Å²) < 4.78 is 0. The van der Waals surface area contributed by atoms with Crippen LogP contribution in [0.2, 0.25) is 10.0 Å². The molecule has 1 aromatic carbocycles. The van der Waals surface area contributed by atoms with Crippen LogP contribution < -0.4 is 11.1 Å². The first-order chi connectivity index (χ1) is 9.47. The monoisotopic (exact) mass is 314 g/mol. The number of nitrogens with one attached hydrogen (secondary N) is 1. The van der Waals surface area contributed by atoms with Gasteiger partial charge in [0, 0.05) is 12.1 Å². The van der Waals surface area contributed by atoms with Gasteiger partial charge >= 0.3 is 0 Å². The number of rotatable bonds is 3. The zero-order valence-electron chi connectivity index (χ0n) is 11.6. The summed E-state index contributed by atoms with van der Waals surface area (Å²) in [4.78, 5) is 12.1. The van der Waals surface area contributed by atoms with Crippen LogP contribution in [0.25, 0.3) is 0 Å². The number of hydrogen-bond acceptors (Lipinski definition) is 2. The Balaban J connectivity index is 1.95. The highest BCUT2D eigenvalue weighted by Gasteiger charge is 2.20. The number of benzene rings is 1. The number of carbonyl (C=O) groups is 1. The number of nitrogens with two attached hydrogens (primary N) is 1. The molecule has 2 rings (SSSR count). The fourth-order valence-corrected chi connectivity index (χ4v) is 3.16. The van der Waals surface area contributed by atoms with Crippen LogP contribution in [0.5, 0.6) is 0 Å². The van der Waals surface area contributed by atoms with E-state index in [0.717, 1.165) is 5.92 Å². The highest BCUT2D eigenvalue weighted by molar-refractivity contribution is 6.43. The molecule has 1 aliphatic rings. The molecule has 1 aliphatic carbocycles. The molecule has 5 heteroatoms. The van der Waals surface area contributed by atoms with Crippen molar-refractivity contribution in [3.05, 3.63) is 27.7 Å². The summed E-state index contributed by atoms with van der Waals surface area (Å²) in [5.74, 6) is 1.18. The minimum Gasteiger partial charge on any atom is -0.397 e. The Labute approximate surface area is 129 Å². The molecule has 2 atom stereocenters. The van der Waals surface area contributed by atoms with Crippen LogP contribution in [0.15, 0.2) is 12.1 Å². The van der Waals surface area contributed by atoms with Crippen molar-refractivity contribution in [1.29, 1.82) is 0 Å². The van der Waals surface area contributed by atoms with E-state index >= 15 is 0 Å². The molecule has 1 fully saturated rings. The Bertz CT molecular complexity index is 482. The average molecular weight is 315 g/mol. The third-order valence-electron chi connectivity index (χ3n) is 3.91. The zero-order chi connectivity index (χ0) is 14.7. The molecule has 110 valence electrons. The van der Waals surface area contributed by atoms with Gasteiger partial charge in [0.2, 0.25) is 0 Å². The van der Waals surface area contributed by atoms with Crippen LogP contribution in [-0.2, 0) is 0 Å². The van der Waals surface area contributed by atoms with E-state index in [2.05, 4.69) is 12.2 Å². The van der Waals surface area contributed by atoms with Crippen LogP contribution in [0, 0.1) is 11.8 Å². The fraction of sp³-hybridized carbons (Fsp3) is 0.533. The van der Waals surface area contributed by atoms with Crippen LogP contribution in [-0.4, -0.2) is 12.5 Å². The molecule has 1 saturated carbocycles. The Morgan fingerprint density at radius 1 is 1.40 bits per heavy atom. The SMILES string of the molecule is CC1CCCC(CNC(=O)c2cc(N)c(Cl)c(Cl)c2)C1. The van der Waals surface area contributed by atoms with Gasteiger partial charge in [-0.15, -0.1) is 0 Å². The molecule has 0 radical (unpaired) electrons. The Morgan fingerprint density at radius 2 is 2.15 bits per heavy atom. The van der Waals surface area contributed by atoms with Crippen LogP contribution in [0.3, 0.4) is 0 Å². The average Bonchev–Trinajstić information content (AvgIpc) is 2.41. The molecule has 0 heterocycles. The van der Waals surface area contributed by atoms with Crippen molar-refractivity contribution < 1.29 is 4.79 Å². The largest absolute Gasteiger partial charge is 0.397 e. The molecule has 0 spiro atoms. The number of amides is 1. The number of hydrogen-bond donors (Lipinski definition) is 2. The molecular formula is C15H20Cl2N2O. The van der Waals surface area contributed by atoms with Crippen LogP contribution in [0.1, 0.15) is 43.0 Å². The second kappa shape index (κ2) is 6.68. The maximum Gasteiger partial charge on any atom is 0.251 e. The summed E-state index contributed by atoms with van der Waals surface area (Å²) in [5, 5.41) is 3.57. The van der Waals surface area contributed by atoms with E-state index in [1.165, 1.54) is 25.7 Å². The summed E-state index contributed by atoms with van der Waals surface area (Å²) in [6.07, 6.45) is 4.92. The summed E-state index contributed by atoms with van der Waals surface area (Å²) in [7, 11) is 0. The standard InChI is InChI=1S/C15H20Cl2N2O/c1-9-3-2-4-10(5-9)8-19-15(20)11-6-12(16)14(17)13(18)7-11/h6-7,9-10H,2-5,8,18H2,1H3,(H,19,20). The molecule has 0 bridgehead atoms. The Hall–Kier alpha value is -0.930. The third kappa shape index (κ3) is 3.80. The lowest BCUT2D eigenvalue weighted by Crippen LogP contribution is -2.31. The van der Waals surface area contributed by atoms with Gasteiger partial charge in [0.15, 0.2) is 0 Å². The lowest BCUT2D eigenvalue weighted by Gasteiger charge is -2.26. The van der Waals surface area contributed by atoms with E-state index in [0.29, 0.717) is 33.8 Å². The highest BCUT2D eigenvalue weighted by Crippen LogP contribution is 2.30. The Kier molecular flexibility index (Phi) is 5.17. The number of anilines is 1. The van der Waals surface area contributed by atoms with E-state index in [4.69, 9.17) is 28.9 Å². The molecule has 0 saturated heterocycles. The van der Waals surface area contributed by atoms with Gasteiger partial charge in [-0.1, -0.05) is 43.0 Å². The summed E-state index contributed by atoms with van der Waals surface area (Å²) in [6.45, 7) is 2.98. The smallest absolute Gasteiger partial charge is 0.251 e. The van der Waals surface area contributed by atoms with Crippen molar-refractivity contribution in [1.82, 2.24) is 5.32 Å². The Morgan fingerprint density at radius 3 is 2.80 bits per heavy atom. The van der Waals surface area contributed by atoms with Gasteiger partial charge in [-0.2, -0.15) is 0 Å². The first kappa shape index (κ1) is 15.5. The number of carbonyl (C=O) groups excluding carboxylic acids is 1. The van der Waals surface area contributed by atoms with E-state index < -0.39 is 0 Å². The van der Waals surface area contributed by atoms with Crippen molar-refractivity contribution in [3.8, 4) is 0 Å². The molecule has 3 N–H and O–H groups in total. The second-order valence-electron chi connectivity index (χ2n) is 5.71. The molecule has 20 heavy (non-hydrogen) atoms. The van der Waals surface area contributed by atoms with Crippen molar-refractivity contribution in [2.75, 3.05) is 12.3 Å². The highest BCUT2D eigenvalue weighted by atomic mass is 35.5. The van der Waals surface area contributed by atoms with Crippen molar-refractivity contribution in [3.63, 3.8) is 0 Å².